The number of fused-ring (bicyclic) bond motifs is 1. The van der Waals surface area contributed by atoms with E-state index in [0.29, 0.717) is 30.6 Å². The number of rotatable bonds is 4. The smallest absolute Gasteiger partial charge is 0.235 e. The van der Waals surface area contributed by atoms with E-state index in [2.05, 4.69) is 5.32 Å². The molecule has 4 nitrogen and oxygen atoms in total. The number of hydrogen-bond donors (Lipinski definition) is 1. The Morgan fingerprint density at radius 1 is 1.15 bits per heavy atom. The van der Waals surface area contributed by atoms with Gasteiger partial charge in [-0.2, -0.15) is 0 Å². The zero-order valence-electron chi connectivity index (χ0n) is 15.6. The molecule has 0 aromatic heterocycles. The minimum absolute atomic E-state index is 0.0502. The summed E-state index contributed by atoms with van der Waals surface area (Å²) in [7, 11) is 0. The van der Waals surface area contributed by atoms with E-state index in [-0.39, 0.29) is 23.5 Å². The molecule has 1 saturated carbocycles. The molecule has 1 fully saturated rings. The zero-order valence-corrected chi connectivity index (χ0v) is 15.6. The fourth-order valence-corrected chi connectivity index (χ4v) is 3.86. The summed E-state index contributed by atoms with van der Waals surface area (Å²) in [6.45, 7) is 4.46. The van der Waals surface area contributed by atoms with Crippen LogP contribution in [0.15, 0.2) is 42.5 Å². The van der Waals surface area contributed by atoms with Crippen LogP contribution in [0.5, 0.6) is 0 Å². The van der Waals surface area contributed by atoms with Crippen LogP contribution >= 0.6 is 0 Å². The van der Waals surface area contributed by atoms with Crippen molar-refractivity contribution in [1.82, 2.24) is 0 Å². The van der Waals surface area contributed by atoms with E-state index in [1.165, 1.54) is 6.07 Å². The second kappa shape index (κ2) is 6.48. The van der Waals surface area contributed by atoms with Gasteiger partial charge in [-0.05, 0) is 49.1 Å². The molecule has 27 heavy (non-hydrogen) atoms. The van der Waals surface area contributed by atoms with Crippen molar-refractivity contribution in [2.24, 2.45) is 5.92 Å². The summed E-state index contributed by atoms with van der Waals surface area (Å²) in [5, 5.41) is 2.96. The first kappa shape index (κ1) is 17.7. The fraction of sp³-hybridized carbons (Fsp3) is 0.364. The molecule has 4 rings (SSSR count). The highest BCUT2D eigenvalue weighted by Gasteiger charge is 2.52. The minimum atomic E-state index is -0.760. The summed E-state index contributed by atoms with van der Waals surface area (Å²) in [5.41, 5.74) is 2.38. The van der Waals surface area contributed by atoms with Crippen LogP contribution in [0, 0.1) is 11.7 Å². The number of halogens is 1. The Morgan fingerprint density at radius 2 is 1.89 bits per heavy atom. The van der Waals surface area contributed by atoms with E-state index in [1.807, 2.05) is 36.9 Å². The first-order valence-corrected chi connectivity index (χ1v) is 9.43. The third-order valence-corrected chi connectivity index (χ3v) is 5.57. The van der Waals surface area contributed by atoms with Crippen molar-refractivity contribution in [2.45, 2.75) is 38.5 Å². The van der Waals surface area contributed by atoms with Crippen LogP contribution in [0.25, 0.3) is 0 Å². The topological polar surface area (TPSA) is 49.4 Å². The molecule has 0 atom stereocenters. The van der Waals surface area contributed by atoms with Crippen LogP contribution in [0.1, 0.15) is 37.8 Å². The van der Waals surface area contributed by atoms with E-state index in [4.69, 9.17) is 0 Å². The van der Waals surface area contributed by atoms with Crippen LogP contribution in [0.2, 0.25) is 0 Å². The number of carbonyl (C=O) groups is 2. The number of anilines is 2. The maximum Gasteiger partial charge on any atom is 0.235 e. The molecule has 2 aromatic carbocycles. The first-order chi connectivity index (χ1) is 12.9. The normalized spacial score (nSPS) is 17.0. The second-order valence-corrected chi connectivity index (χ2v) is 7.75. The van der Waals surface area contributed by atoms with Gasteiger partial charge in [-0.25, -0.2) is 4.39 Å². The van der Waals surface area contributed by atoms with Gasteiger partial charge in [-0.15, -0.1) is 0 Å². The number of amides is 2. The molecule has 0 spiro atoms. The summed E-state index contributed by atoms with van der Waals surface area (Å²) in [6.07, 6.45) is 2.08. The van der Waals surface area contributed by atoms with Gasteiger partial charge in [0.15, 0.2) is 0 Å². The molecular weight excluding hydrogens is 343 g/mol. The largest absolute Gasteiger partial charge is 0.325 e. The quantitative estimate of drug-likeness (QED) is 0.888. The third kappa shape index (κ3) is 3.01. The highest BCUT2D eigenvalue weighted by molar-refractivity contribution is 6.02. The van der Waals surface area contributed by atoms with Gasteiger partial charge in [0.1, 0.15) is 5.82 Å². The predicted molar refractivity (Wildman–Crippen MR) is 103 cm³/mol. The van der Waals surface area contributed by atoms with Gasteiger partial charge in [-0.3, -0.25) is 9.59 Å². The van der Waals surface area contributed by atoms with E-state index in [1.54, 1.807) is 18.2 Å². The molecule has 140 valence electrons. The SMILES string of the molecule is CC(C)C(=O)N1CCc2cc(NC(=O)C3(c4ccccc4F)CC3)ccc21. The van der Waals surface area contributed by atoms with Crippen molar-refractivity contribution in [2.75, 3.05) is 16.8 Å². The molecule has 2 amide bonds. The molecule has 0 radical (unpaired) electrons. The van der Waals surface area contributed by atoms with Crippen LogP contribution in [-0.4, -0.2) is 18.4 Å². The van der Waals surface area contributed by atoms with Gasteiger partial charge >= 0.3 is 0 Å². The maximum atomic E-state index is 14.2. The zero-order chi connectivity index (χ0) is 19.2. The summed E-state index contributed by atoms with van der Waals surface area (Å²) in [4.78, 5) is 27.0. The molecule has 0 bridgehead atoms. The molecule has 2 aliphatic rings. The van der Waals surface area contributed by atoms with Gasteiger partial charge < -0.3 is 10.2 Å². The molecule has 2 aromatic rings. The van der Waals surface area contributed by atoms with Gasteiger partial charge in [0.05, 0.1) is 5.41 Å². The lowest BCUT2D eigenvalue weighted by molar-refractivity contribution is -0.121. The fourth-order valence-electron chi connectivity index (χ4n) is 3.86. The summed E-state index contributed by atoms with van der Waals surface area (Å²) >= 11 is 0. The van der Waals surface area contributed by atoms with Crippen molar-refractivity contribution in [1.29, 1.82) is 0 Å². The van der Waals surface area contributed by atoms with E-state index in [9.17, 15) is 14.0 Å². The van der Waals surface area contributed by atoms with Gasteiger partial charge in [0, 0.05) is 29.4 Å². The molecule has 1 heterocycles. The highest BCUT2D eigenvalue weighted by atomic mass is 19.1. The lowest BCUT2D eigenvalue weighted by Gasteiger charge is -2.20. The summed E-state index contributed by atoms with van der Waals surface area (Å²) in [6, 6.07) is 12.1. The lowest BCUT2D eigenvalue weighted by atomic mass is 9.94. The van der Waals surface area contributed by atoms with Crippen LogP contribution < -0.4 is 10.2 Å². The Hall–Kier alpha value is -2.69. The predicted octanol–water partition coefficient (Wildman–Crippen LogP) is 4.04. The number of nitrogens with one attached hydrogen (secondary N) is 1. The van der Waals surface area contributed by atoms with E-state index >= 15 is 0 Å². The Morgan fingerprint density at radius 3 is 2.56 bits per heavy atom. The number of hydrogen-bond acceptors (Lipinski definition) is 2. The monoisotopic (exact) mass is 366 g/mol. The van der Waals surface area contributed by atoms with Crippen molar-refractivity contribution in [3.05, 3.63) is 59.4 Å². The molecule has 0 saturated heterocycles. The molecule has 1 aliphatic carbocycles. The third-order valence-electron chi connectivity index (χ3n) is 5.57. The van der Waals surface area contributed by atoms with Gasteiger partial charge in [0.25, 0.3) is 0 Å². The molecular formula is C22H23FN2O2. The average molecular weight is 366 g/mol. The Labute approximate surface area is 158 Å². The average Bonchev–Trinajstić information content (AvgIpc) is 3.35. The Bertz CT molecular complexity index is 918. The lowest BCUT2D eigenvalue weighted by Crippen LogP contribution is -2.32. The standard InChI is InChI=1S/C22H23FN2O2/c1-14(2)20(26)25-12-9-15-13-16(7-8-19(15)25)24-21(27)22(10-11-22)17-5-3-4-6-18(17)23/h3-8,13-14H,9-12H2,1-2H3,(H,24,27). The number of carbonyl (C=O) groups excluding carboxylic acids is 2. The molecule has 1 N–H and O–H groups in total. The minimum Gasteiger partial charge on any atom is -0.325 e. The Balaban J connectivity index is 1.54. The van der Waals surface area contributed by atoms with Crippen molar-refractivity contribution >= 4 is 23.2 Å². The van der Waals surface area contributed by atoms with Crippen molar-refractivity contribution < 1.29 is 14.0 Å². The maximum absolute atomic E-state index is 14.2. The van der Waals surface area contributed by atoms with Crippen LogP contribution in [-0.2, 0) is 21.4 Å². The first-order valence-electron chi connectivity index (χ1n) is 9.43. The van der Waals surface area contributed by atoms with E-state index in [0.717, 1.165) is 17.7 Å². The number of nitrogens with zero attached hydrogens (tertiary/aromatic N) is 1. The van der Waals surface area contributed by atoms with Crippen molar-refractivity contribution in [3.63, 3.8) is 0 Å². The summed E-state index contributed by atoms with van der Waals surface area (Å²) < 4.78 is 14.2. The van der Waals surface area contributed by atoms with Gasteiger partial charge in [-0.1, -0.05) is 32.0 Å². The van der Waals surface area contributed by atoms with E-state index < -0.39 is 5.41 Å². The molecule has 0 unspecified atom stereocenters. The molecule has 5 heteroatoms. The Kier molecular flexibility index (Phi) is 4.25. The number of benzene rings is 2. The van der Waals surface area contributed by atoms with Gasteiger partial charge in [0.2, 0.25) is 11.8 Å². The second-order valence-electron chi connectivity index (χ2n) is 7.75. The van der Waals surface area contributed by atoms with Crippen LogP contribution in [0.3, 0.4) is 0 Å². The van der Waals surface area contributed by atoms with Crippen LogP contribution in [0.4, 0.5) is 15.8 Å². The summed E-state index contributed by atoms with van der Waals surface area (Å²) in [5.74, 6) is -0.435. The highest BCUT2D eigenvalue weighted by Crippen LogP contribution is 2.50. The van der Waals surface area contributed by atoms with Crippen molar-refractivity contribution in [3.8, 4) is 0 Å². The molecule has 1 aliphatic heterocycles.